The lowest BCUT2D eigenvalue weighted by Gasteiger charge is -2.29. The Labute approximate surface area is 153 Å². The first-order valence-corrected chi connectivity index (χ1v) is 8.54. The Morgan fingerprint density at radius 3 is 2.27 bits per heavy atom. The van der Waals surface area contributed by atoms with E-state index in [0.29, 0.717) is 25.4 Å². The van der Waals surface area contributed by atoms with Crippen LogP contribution in [0, 0.1) is 0 Å². The second-order valence-electron chi connectivity index (χ2n) is 6.15. The number of carbonyl (C=O) groups is 1. The van der Waals surface area contributed by atoms with E-state index in [1.807, 2.05) is 41.3 Å². The molecule has 1 N–H and O–H groups in total. The molecule has 138 valence electrons. The van der Waals surface area contributed by atoms with Gasteiger partial charge in [-0.05, 0) is 47.4 Å². The van der Waals surface area contributed by atoms with Gasteiger partial charge in [-0.15, -0.1) is 0 Å². The summed E-state index contributed by atoms with van der Waals surface area (Å²) in [7, 11) is 4.88. The van der Waals surface area contributed by atoms with Gasteiger partial charge in [0.25, 0.3) is 0 Å². The molecule has 0 unspecified atom stereocenters. The van der Waals surface area contributed by atoms with Crippen LogP contribution in [0.2, 0.25) is 0 Å². The molecule has 0 fully saturated rings. The summed E-state index contributed by atoms with van der Waals surface area (Å²) in [4.78, 5) is 14.3. The second kappa shape index (κ2) is 7.99. The number of nitrogens with zero attached hydrogens (tertiary/aromatic N) is 1. The number of ether oxygens (including phenoxy) is 3. The van der Waals surface area contributed by atoms with E-state index in [4.69, 9.17) is 14.2 Å². The predicted octanol–water partition coefficient (Wildman–Crippen LogP) is 2.98. The van der Waals surface area contributed by atoms with E-state index in [1.165, 1.54) is 5.56 Å². The number of benzene rings is 2. The molecular weight excluding hydrogens is 332 g/mol. The van der Waals surface area contributed by atoms with Gasteiger partial charge in [0.15, 0.2) is 11.5 Å². The molecule has 0 bridgehead atoms. The van der Waals surface area contributed by atoms with Crippen LogP contribution >= 0.6 is 0 Å². The van der Waals surface area contributed by atoms with Crippen LogP contribution in [-0.4, -0.2) is 38.8 Å². The molecule has 2 aromatic carbocycles. The van der Waals surface area contributed by atoms with Gasteiger partial charge in [-0.1, -0.05) is 12.1 Å². The van der Waals surface area contributed by atoms with E-state index >= 15 is 0 Å². The number of urea groups is 1. The molecule has 0 spiro atoms. The SMILES string of the molecule is COc1ccc(CNC(=O)N2CCc3cc(OC)c(OC)cc3C2)cc1. The molecule has 3 rings (SSSR count). The summed E-state index contributed by atoms with van der Waals surface area (Å²) in [6, 6.07) is 11.6. The Hall–Kier alpha value is -2.89. The van der Waals surface area contributed by atoms with Crippen LogP contribution in [0.3, 0.4) is 0 Å². The van der Waals surface area contributed by atoms with Gasteiger partial charge in [0.2, 0.25) is 0 Å². The van der Waals surface area contributed by atoms with Crippen molar-refractivity contribution in [2.24, 2.45) is 0 Å². The minimum absolute atomic E-state index is 0.0683. The minimum atomic E-state index is -0.0683. The Balaban J connectivity index is 1.63. The maximum Gasteiger partial charge on any atom is 0.317 e. The molecule has 6 heteroatoms. The number of amides is 2. The highest BCUT2D eigenvalue weighted by molar-refractivity contribution is 5.74. The standard InChI is InChI=1S/C20H24N2O4/c1-24-17-6-4-14(5-7-17)12-21-20(23)22-9-8-15-10-18(25-2)19(26-3)11-16(15)13-22/h4-7,10-11H,8-9,12-13H2,1-3H3,(H,21,23). The summed E-state index contributed by atoms with van der Waals surface area (Å²) < 4.78 is 15.9. The summed E-state index contributed by atoms with van der Waals surface area (Å²) in [5.74, 6) is 2.22. The third-order valence-corrected chi connectivity index (χ3v) is 4.61. The molecule has 1 aliphatic heterocycles. The van der Waals surface area contributed by atoms with Crippen LogP contribution in [0.15, 0.2) is 36.4 Å². The molecule has 0 aromatic heterocycles. The molecule has 0 aliphatic carbocycles. The molecule has 1 aliphatic rings. The molecule has 2 aromatic rings. The molecule has 0 atom stereocenters. The number of methoxy groups -OCH3 is 3. The Bertz CT molecular complexity index is 774. The molecule has 0 radical (unpaired) electrons. The second-order valence-corrected chi connectivity index (χ2v) is 6.15. The molecule has 1 heterocycles. The first-order valence-electron chi connectivity index (χ1n) is 8.54. The van der Waals surface area contributed by atoms with Crippen molar-refractivity contribution in [2.45, 2.75) is 19.5 Å². The average Bonchev–Trinajstić information content (AvgIpc) is 2.70. The maximum atomic E-state index is 12.5. The summed E-state index contributed by atoms with van der Waals surface area (Å²) in [5, 5.41) is 2.98. The third kappa shape index (κ3) is 3.85. The van der Waals surface area contributed by atoms with Crippen molar-refractivity contribution in [3.63, 3.8) is 0 Å². The van der Waals surface area contributed by atoms with E-state index in [9.17, 15) is 4.79 Å². The van der Waals surface area contributed by atoms with Crippen LogP contribution in [0.5, 0.6) is 17.2 Å². The lowest BCUT2D eigenvalue weighted by atomic mass is 9.99. The van der Waals surface area contributed by atoms with Crippen molar-refractivity contribution < 1.29 is 19.0 Å². The van der Waals surface area contributed by atoms with Gasteiger partial charge in [0.05, 0.1) is 21.3 Å². The fourth-order valence-corrected chi connectivity index (χ4v) is 3.09. The molecule has 2 amide bonds. The third-order valence-electron chi connectivity index (χ3n) is 4.61. The van der Waals surface area contributed by atoms with Crippen molar-refractivity contribution >= 4 is 6.03 Å². The number of fused-ring (bicyclic) bond motifs is 1. The fourth-order valence-electron chi connectivity index (χ4n) is 3.09. The molecule has 6 nitrogen and oxygen atoms in total. The van der Waals surface area contributed by atoms with Crippen molar-refractivity contribution in [1.82, 2.24) is 10.2 Å². The highest BCUT2D eigenvalue weighted by Gasteiger charge is 2.22. The summed E-state index contributed by atoms with van der Waals surface area (Å²) in [5.41, 5.74) is 3.32. The first-order chi connectivity index (χ1) is 12.6. The zero-order valence-corrected chi connectivity index (χ0v) is 15.4. The highest BCUT2D eigenvalue weighted by Crippen LogP contribution is 2.33. The maximum absolute atomic E-state index is 12.5. The Morgan fingerprint density at radius 2 is 1.65 bits per heavy atom. The van der Waals surface area contributed by atoms with Gasteiger partial charge in [0.1, 0.15) is 5.75 Å². The zero-order valence-electron chi connectivity index (χ0n) is 15.4. The van der Waals surface area contributed by atoms with Crippen LogP contribution < -0.4 is 19.5 Å². The van der Waals surface area contributed by atoms with Crippen molar-refractivity contribution in [3.05, 3.63) is 53.1 Å². The van der Waals surface area contributed by atoms with Crippen LogP contribution in [-0.2, 0) is 19.5 Å². The van der Waals surface area contributed by atoms with Crippen LogP contribution in [0.25, 0.3) is 0 Å². The van der Waals surface area contributed by atoms with Gasteiger partial charge < -0.3 is 24.4 Å². The van der Waals surface area contributed by atoms with Crippen LogP contribution in [0.1, 0.15) is 16.7 Å². The Kier molecular flexibility index (Phi) is 5.51. The monoisotopic (exact) mass is 356 g/mol. The lowest BCUT2D eigenvalue weighted by molar-refractivity contribution is 0.191. The number of carbonyl (C=O) groups excluding carboxylic acids is 1. The van der Waals surface area contributed by atoms with Crippen molar-refractivity contribution in [2.75, 3.05) is 27.9 Å². The van der Waals surface area contributed by atoms with E-state index in [1.54, 1.807) is 21.3 Å². The number of hydrogen-bond donors (Lipinski definition) is 1. The van der Waals surface area contributed by atoms with E-state index in [-0.39, 0.29) is 6.03 Å². The molecular formula is C20H24N2O4. The molecule has 26 heavy (non-hydrogen) atoms. The quantitative estimate of drug-likeness (QED) is 0.895. The first kappa shape index (κ1) is 17.9. The van der Waals surface area contributed by atoms with E-state index < -0.39 is 0 Å². The smallest absolute Gasteiger partial charge is 0.317 e. The number of nitrogens with one attached hydrogen (secondary N) is 1. The number of hydrogen-bond acceptors (Lipinski definition) is 4. The van der Waals surface area contributed by atoms with Gasteiger partial charge in [-0.2, -0.15) is 0 Å². The fraction of sp³-hybridized carbons (Fsp3) is 0.350. The van der Waals surface area contributed by atoms with E-state index in [2.05, 4.69) is 5.32 Å². The minimum Gasteiger partial charge on any atom is -0.497 e. The van der Waals surface area contributed by atoms with Crippen molar-refractivity contribution in [3.8, 4) is 17.2 Å². The van der Waals surface area contributed by atoms with Gasteiger partial charge in [-0.25, -0.2) is 4.79 Å². The summed E-state index contributed by atoms with van der Waals surface area (Å²) >= 11 is 0. The topological polar surface area (TPSA) is 60.0 Å². The summed E-state index contributed by atoms with van der Waals surface area (Å²) in [6.45, 7) is 1.72. The largest absolute Gasteiger partial charge is 0.497 e. The lowest BCUT2D eigenvalue weighted by Crippen LogP contribution is -2.42. The van der Waals surface area contributed by atoms with Crippen molar-refractivity contribution in [1.29, 1.82) is 0 Å². The van der Waals surface area contributed by atoms with E-state index in [0.717, 1.165) is 29.0 Å². The number of rotatable bonds is 5. The molecule has 0 saturated carbocycles. The molecule has 0 saturated heterocycles. The van der Waals surface area contributed by atoms with Gasteiger partial charge >= 0.3 is 6.03 Å². The van der Waals surface area contributed by atoms with Gasteiger partial charge in [-0.3, -0.25) is 0 Å². The summed E-state index contributed by atoms with van der Waals surface area (Å²) in [6.07, 6.45) is 0.797. The zero-order chi connectivity index (χ0) is 18.5. The highest BCUT2D eigenvalue weighted by atomic mass is 16.5. The van der Waals surface area contributed by atoms with Gasteiger partial charge in [0, 0.05) is 19.6 Å². The Morgan fingerprint density at radius 1 is 1.00 bits per heavy atom. The van der Waals surface area contributed by atoms with Crippen LogP contribution in [0.4, 0.5) is 4.79 Å². The predicted molar refractivity (Wildman–Crippen MR) is 98.9 cm³/mol. The average molecular weight is 356 g/mol. The normalized spacial score (nSPS) is 13.0.